The molecule has 0 aliphatic rings. The third-order valence-corrected chi connectivity index (χ3v) is 3.84. The van der Waals surface area contributed by atoms with Gasteiger partial charge in [0.1, 0.15) is 22.9 Å². The van der Waals surface area contributed by atoms with Gasteiger partial charge in [0.05, 0.1) is 12.3 Å². The Hall–Kier alpha value is -2.97. The molecule has 1 heterocycles. The van der Waals surface area contributed by atoms with E-state index < -0.39 is 29.3 Å². The minimum atomic E-state index is -0.678. The predicted octanol–water partition coefficient (Wildman–Crippen LogP) is 3.84. The summed E-state index contributed by atoms with van der Waals surface area (Å²) in [5, 5.41) is 7.01. The lowest BCUT2D eigenvalue weighted by Gasteiger charge is -2.19. The average molecular weight is 423 g/mol. The van der Waals surface area contributed by atoms with Crippen molar-refractivity contribution in [1.29, 1.82) is 0 Å². The van der Waals surface area contributed by atoms with Crippen LogP contribution in [0.2, 0.25) is 0 Å². The van der Waals surface area contributed by atoms with Crippen LogP contribution in [0.5, 0.6) is 0 Å². The molecule has 1 aromatic heterocycles. The summed E-state index contributed by atoms with van der Waals surface area (Å²) in [5.41, 5.74) is 0.525. The van der Waals surface area contributed by atoms with E-state index in [1.165, 1.54) is 16.8 Å². The smallest absolute Gasteiger partial charge is 0.407 e. The molecule has 0 atom stereocenters. The molecule has 0 saturated heterocycles. The van der Waals surface area contributed by atoms with Gasteiger partial charge in [-0.25, -0.2) is 18.4 Å². The number of rotatable bonds is 8. The molecule has 0 spiro atoms. The second kappa shape index (κ2) is 10.2. The Kier molecular flexibility index (Phi) is 7.91. The number of carbonyl (C=O) groups excluding carboxylic acids is 2. The molecule has 1 N–H and O–H groups in total. The lowest BCUT2D eigenvalue weighted by molar-refractivity contribution is 0.0501. The van der Waals surface area contributed by atoms with Gasteiger partial charge < -0.3 is 14.8 Å². The van der Waals surface area contributed by atoms with Gasteiger partial charge in [-0.3, -0.25) is 4.68 Å². The van der Waals surface area contributed by atoms with Crippen molar-refractivity contribution < 1.29 is 27.8 Å². The van der Waals surface area contributed by atoms with Crippen LogP contribution < -0.4 is 5.32 Å². The molecular weight excluding hydrogens is 396 g/mol. The summed E-state index contributed by atoms with van der Waals surface area (Å²) in [6, 6.07) is 4.78. The van der Waals surface area contributed by atoms with Gasteiger partial charge in [-0.1, -0.05) is 0 Å². The third-order valence-electron chi connectivity index (χ3n) is 3.84. The Morgan fingerprint density at radius 2 is 1.80 bits per heavy atom. The third kappa shape index (κ3) is 7.46. The fourth-order valence-electron chi connectivity index (χ4n) is 2.75. The highest BCUT2D eigenvalue weighted by Crippen LogP contribution is 2.15. The first-order valence-electron chi connectivity index (χ1n) is 9.73. The van der Waals surface area contributed by atoms with Crippen molar-refractivity contribution in [1.82, 2.24) is 15.1 Å². The molecule has 0 aliphatic carbocycles. The van der Waals surface area contributed by atoms with Crippen LogP contribution in [0.25, 0.3) is 0 Å². The van der Waals surface area contributed by atoms with E-state index in [0.29, 0.717) is 30.8 Å². The van der Waals surface area contributed by atoms with Crippen molar-refractivity contribution in [3.8, 4) is 0 Å². The zero-order valence-corrected chi connectivity index (χ0v) is 17.6. The van der Waals surface area contributed by atoms with Crippen LogP contribution >= 0.6 is 0 Å². The number of carbonyl (C=O) groups is 2. The Morgan fingerprint density at radius 1 is 1.13 bits per heavy atom. The molecule has 0 fully saturated rings. The molecule has 0 saturated carbocycles. The van der Waals surface area contributed by atoms with Crippen molar-refractivity contribution in [3.05, 3.63) is 52.9 Å². The van der Waals surface area contributed by atoms with E-state index in [2.05, 4.69) is 10.4 Å². The molecule has 2 aromatic rings. The van der Waals surface area contributed by atoms with Crippen LogP contribution in [-0.2, 0) is 22.4 Å². The van der Waals surface area contributed by atoms with Gasteiger partial charge in [-0.05, 0) is 57.9 Å². The second-order valence-electron chi connectivity index (χ2n) is 7.70. The highest BCUT2D eigenvalue weighted by molar-refractivity contribution is 5.87. The first-order chi connectivity index (χ1) is 14.1. The van der Waals surface area contributed by atoms with Gasteiger partial charge in [0.15, 0.2) is 0 Å². The molecule has 30 heavy (non-hydrogen) atoms. The lowest BCUT2D eigenvalue weighted by Crippen LogP contribution is -2.33. The Morgan fingerprint density at radius 3 is 2.40 bits per heavy atom. The Bertz CT molecular complexity index is 871. The first-order valence-corrected chi connectivity index (χ1v) is 9.73. The summed E-state index contributed by atoms with van der Waals surface area (Å²) in [7, 11) is 0. The lowest BCUT2D eigenvalue weighted by atomic mass is 10.1. The van der Waals surface area contributed by atoms with Gasteiger partial charge in [0.25, 0.3) is 0 Å². The van der Waals surface area contributed by atoms with Crippen LogP contribution in [0.1, 0.15) is 55.9 Å². The Labute approximate surface area is 174 Å². The topological polar surface area (TPSA) is 82.5 Å². The van der Waals surface area contributed by atoms with Crippen LogP contribution in [0.4, 0.5) is 13.6 Å². The van der Waals surface area contributed by atoms with Gasteiger partial charge in [0.2, 0.25) is 0 Å². The van der Waals surface area contributed by atoms with Crippen molar-refractivity contribution in [3.63, 3.8) is 0 Å². The second-order valence-corrected chi connectivity index (χ2v) is 7.70. The molecule has 7 nitrogen and oxygen atoms in total. The maximum absolute atomic E-state index is 13.4. The van der Waals surface area contributed by atoms with Crippen molar-refractivity contribution in [2.75, 3.05) is 13.2 Å². The molecule has 0 radical (unpaired) electrons. The number of halogens is 2. The standard InChI is InChI=1S/C21H27F2N3O4/c1-5-29-19(27)18-13-17(11-14-9-15(22)12-16(23)10-14)25-26(18)8-6-7-24-20(28)30-21(2,3)4/h9-10,12-13H,5-8,11H2,1-4H3,(H,24,28). The number of ether oxygens (including phenoxy) is 2. The van der Waals surface area contributed by atoms with E-state index in [4.69, 9.17) is 9.47 Å². The summed E-state index contributed by atoms with van der Waals surface area (Å²) < 4.78 is 38.6. The zero-order valence-electron chi connectivity index (χ0n) is 17.6. The SMILES string of the molecule is CCOC(=O)c1cc(Cc2cc(F)cc(F)c2)nn1CCCNC(=O)OC(C)(C)C. The van der Waals surface area contributed by atoms with Crippen LogP contribution in [-0.4, -0.2) is 40.6 Å². The number of hydrogen-bond donors (Lipinski definition) is 1. The normalized spacial score (nSPS) is 11.3. The minimum Gasteiger partial charge on any atom is -0.461 e. The molecule has 1 aromatic carbocycles. The summed E-state index contributed by atoms with van der Waals surface area (Å²) in [5.74, 6) is -1.90. The molecule has 1 amide bonds. The molecule has 9 heteroatoms. The van der Waals surface area contributed by atoms with Gasteiger partial charge in [0, 0.05) is 25.6 Å². The van der Waals surface area contributed by atoms with E-state index >= 15 is 0 Å². The highest BCUT2D eigenvalue weighted by atomic mass is 19.1. The maximum Gasteiger partial charge on any atom is 0.407 e. The van der Waals surface area contributed by atoms with E-state index in [1.807, 2.05) is 0 Å². The van der Waals surface area contributed by atoms with Crippen molar-refractivity contribution in [2.24, 2.45) is 0 Å². The maximum atomic E-state index is 13.4. The fourth-order valence-corrected chi connectivity index (χ4v) is 2.75. The van der Waals surface area contributed by atoms with E-state index in [-0.39, 0.29) is 18.7 Å². The van der Waals surface area contributed by atoms with Crippen LogP contribution in [0, 0.1) is 11.6 Å². The van der Waals surface area contributed by atoms with E-state index in [1.54, 1.807) is 33.8 Å². The number of nitrogens with zero attached hydrogens (tertiary/aromatic N) is 2. The van der Waals surface area contributed by atoms with E-state index in [0.717, 1.165) is 6.07 Å². The highest BCUT2D eigenvalue weighted by Gasteiger charge is 2.18. The molecule has 0 unspecified atom stereocenters. The first kappa shape index (κ1) is 23.3. The summed E-state index contributed by atoms with van der Waals surface area (Å²) in [6.45, 7) is 7.87. The number of amides is 1. The summed E-state index contributed by atoms with van der Waals surface area (Å²) >= 11 is 0. The quantitative estimate of drug-likeness (QED) is 0.515. The van der Waals surface area contributed by atoms with Crippen LogP contribution in [0.3, 0.4) is 0 Å². The fraction of sp³-hybridized carbons (Fsp3) is 0.476. The molecule has 0 bridgehead atoms. The van der Waals surface area contributed by atoms with Crippen molar-refractivity contribution >= 4 is 12.1 Å². The summed E-state index contributed by atoms with van der Waals surface area (Å²) in [6.07, 6.45) is 0.119. The largest absolute Gasteiger partial charge is 0.461 e. The summed E-state index contributed by atoms with van der Waals surface area (Å²) in [4.78, 5) is 23.9. The number of esters is 1. The van der Waals surface area contributed by atoms with Gasteiger partial charge in [-0.15, -0.1) is 0 Å². The Balaban J connectivity index is 2.05. The van der Waals surface area contributed by atoms with Gasteiger partial charge in [-0.2, -0.15) is 5.10 Å². The molecule has 164 valence electrons. The number of hydrogen-bond acceptors (Lipinski definition) is 5. The number of aryl methyl sites for hydroxylation is 1. The monoisotopic (exact) mass is 423 g/mol. The number of aromatic nitrogens is 2. The van der Waals surface area contributed by atoms with Gasteiger partial charge >= 0.3 is 12.1 Å². The molecular formula is C21H27F2N3O4. The number of benzene rings is 1. The zero-order chi connectivity index (χ0) is 22.3. The van der Waals surface area contributed by atoms with E-state index in [9.17, 15) is 18.4 Å². The minimum absolute atomic E-state index is 0.157. The number of alkyl carbamates (subject to hydrolysis) is 1. The molecule has 2 rings (SSSR count). The number of nitrogens with one attached hydrogen (secondary N) is 1. The van der Waals surface area contributed by atoms with Crippen molar-refractivity contribution in [2.45, 2.75) is 52.7 Å². The van der Waals surface area contributed by atoms with Crippen LogP contribution in [0.15, 0.2) is 24.3 Å². The average Bonchev–Trinajstić information content (AvgIpc) is 2.99. The predicted molar refractivity (Wildman–Crippen MR) is 106 cm³/mol. The molecule has 0 aliphatic heterocycles.